The first-order valence-corrected chi connectivity index (χ1v) is 13.2. The predicted octanol–water partition coefficient (Wildman–Crippen LogP) is 4.66. The third kappa shape index (κ3) is 5.70. The van der Waals surface area contributed by atoms with Crippen LogP contribution in [0.2, 0.25) is 5.02 Å². The zero-order chi connectivity index (χ0) is 25.1. The van der Waals surface area contributed by atoms with E-state index in [1.165, 1.54) is 23.2 Å². The van der Waals surface area contributed by atoms with Crippen LogP contribution >= 0.6 is 22.9 Å². The molecule has 36 heavy (non-hydrogen) atoms. The summed E-state index contributed by atoms with van der Waals surface area (Å²) in [4.78, 5) is 17.4. The number of piperidine rings is 1. The molecule has 10 heteroatoms. The Morgan fingerprint density at radius 1 is 1.19 bits per heavy atom. The Bertz CT molecular complexity index is 1310. The molecular formula is C26H29ClN8S. The number of pyridine rings is 1. The first-order valence-electron chi connectivity index (χ1n) is 12.0. The van der Waals surface area contributed by atoms with E-state index >= 15 is 0 Å². The minimum atomic E-state index is -0.328. The number of thiazole rings is 1. The average molecular weight is 521 g/mol. The fraction of sp³-hybridized carbons (Fsp3) is 0.346. The number of aromatic amines is 1. The van der Waals surface area contributed by atoms with Crippen LogP contribution in [0.15, 0.2) is 48.9 Å². The first kappa shape index (κ1) is 24.7. The number of nitrogens with one attached hydrogen (secondary N) is 2. The van der Waals surface area contributed by atoms with Gasteiger partial charge in [0.05, 0.1) is 22.2 Å². The van der Waals surface area contributed by atoms with Crippen LogP contribution in [0.3, 0.4) is 0 Å². The smallest absolute Gasteiger partial charge is 0.167 e. The molecule has 1 atom stereocenters. The molecule has 1 unspecified atom stereocenters. The zero-order valence-corrected chi connectivity index (χ0v) is 21.7. The Kier molecular flexibility index (Phi) is 7.52. The van der Waals surface area contributed by atoms with E-state index in [0.29, 0.717) is 29.0 Å². The SMILES string of the molecule is CC(=N)C(c1cc(CN2CCC(N)CC2)ccn1)c1nc(Cc2ccc(Cl)cc2)c(-c2ncn[nH]2)s1. The quantitative estimate of drug-likeness (QED) is 0.290. The maximum Gasteiger partial charge on any atom is 0.167 e. The van der Waals surface area contributed by atoms with Crippen LogP contribution in [0.4, 0.5) is 0 Å². The summed E-state index contributed by atoms with van der Waals surface area (Å²) in [6, 6.07) is 12.3. The molecule has 4 heterocycles. The van der Waals surface area contributed by atoms with Crippen LogP contribution in [-0.4, -0.2) is 54.9 Å². The second-order valence-electron chi connectivity index (χ2n) is 9.28. The maximum atomic E-state index is 8.62. The summed E-state index contributed by atoms with van der Waals surface area (Å²) in [6.07, 6.45) is 6.02. The van der Waals surface area contributed by atoms with Crippen LogP contribution in [0.25, 0.3) is 10.7 Å². The van der Waals surface area contributed by atoms with Gasteiger partial charge in [-0.1, -0.05) is 23.7 Å². The number of hydrogen-bond donors (Lipinski definition) is 3. The monoisotopic (exact) mass is 520 g/mol. The van der Waals surface area contributed by atoms with E-state index in [1.807, 2.05) is 37.4 Å². The minimum absolute atomic E-state index is 0.310. The number of likely N-dealkylation sites (tertiary alicyclic amines) is 1. The number of rotatable bonds is 8. The Balaban J connectivity index is 1.46. The van der Waals surface area contributed by atoms with Gasteiger partial charge in [0.25, 0.3) is 0 Å². The molecule has 4 aromatic rings. The van der Waals surface area contributed by atoms with Gasteiger partial charge in [-0.2, -0.15) is 5.10 Å². The highest BCUT2D eigenvalue weighted by Gasteiger charge is 2.26. The summed E-state index contributed by atoms with van der Waals surface area (Å²) in [5.74, 6) is 0.347. The molecule has 1 saturated heterocycles. The van der Waals surface area contributed by atoms with Crippen molar-refractivity contribution in [3.05, 3.63) is 81.5 Å². The van der Waals surface area contributed by atoms with Crippen molar-refractivity contribution in [1.82, 2.24) is 30.0 Å². The average Bonchev–Trinajstić information content (AvgIpc) is 3.53. The molecular weight excluding hydrogens is 492 g/mol. The summed E-state index contributed by atoms with van der Waals surface area (Å²) < 4.78 is 0. The summed E-state index contributed by atoms with van der Waals surface area (Å²) in [5.41, 5.74) is 10.6. The second kappa shape index (κ2) is 11.0. The van der Waals surface area contributed by atoms with Gasteiger partial charge in [-0.25, -0.2) is 9.97 Å². The van der Waals surface area contributed by atoms with Crippen molar-refractivity contribution in [1.29, 1.82) is 5.41 Å². The maximum absolute atomic E-state index is 8.62. The lowest BCUT2D eigenvalue weighted by atomic mass is 9.98. The lowest BCUT2D eigenvalue weighted by molar-refractivity contribution is 0.205. The molecule has 186 valence electrons. The number of halogens is 1. The van der Waals surface area contributed by atoms with Crippen molar-refractivity contribution < 1.29 is 0 Å². The number of nitrogens with zero attached hydrogens (tertiary/aromatic N) is 5. The highest BCUT2D eigenvalue weighted by atomic mass is 35.5. The Hall–Kier alpha value is -2.98. The fourth-order valence-corrected chi connectivity index (χ4v) is 5.90. The summed E-state index contributed by atoms with van der Waals surface area (Å²) in [7, 11) is 0. The largest absolute Gasteiger partial charge is 0.328 e. The van der Waals surface area contributed by atoms with Crippen molar-refractivity contribution in [2.75, 3.05) is 13.1 Å². The van der Waals surface area contributed by atoms with E-state index < -0.39 is 0 Å². The van der Waals surface area contributed by atoms with Gasteiger partial charge >= 0.3 is 0 Å². The second-order valence-corrected chi connectivity index (χ2v) is 10.8. The van der Waals surface area contributed by atoms with Gasteiger partial charge in [0.1, 0.15) is 11.3 Å². The van der Waals surface area contributed by atoms with Gasteiger partial charge in [-0.05, 0) is 68.2 Å². The Morgan fingerprint density at radius 2 is 1.97 bits per heavy atom. The molecule has 1 aliphatic heterocycles. The third-order valence-electron chi connectivity index (χ3n) is 6.49. The zero-order valence-electron chi connectivity index (χ0n) is 20.1. The summed E-state index contributed by atoms with van der Waals surface area (Å²) in [6.45, 7) is 4.69. The van der Waals surface area contributed by atoms with Crippen molar-refractivity contribution >= 4 is 28.6 Å². The Labute approximate surface area is 219 Å². The number of hydrogen-bond acceptors (Lipinski definition) is 8. The van der Waals surface area contributed by atoms with E-state index in [0.717, 1.165) is 59.3 Å². The Morgan fingerprint density at radius 3 is 2.67 bits per heavy atom. The van der Waals surface area contributed by atoms with Gasteiger partial charge in [0.2, 0.25) is 0 Å². The topological polar surface area (TPSA) is 120 Å². The molecule has 0 saturated carbocycles. The molecule has 5 rings (SSSR count). The molecule has 0 spiro atoms. The molecule has 1 aromatic carbocycles. The van der Waals surface area contributed by atoms with Gasteiger partial charge in [0, 0.05) is 35.9 Å². The van der Waals surface area contributed by atoms with Gasteiger partial charge in [-0.15, -0.1) is 11.3 Å². The number of nitrogens with two attached hydrogens (primary N) is 1. The fourth-order valence-electron chi connectivity index (χ4n) is 4.56. The predicted molar refractivity (Wildman–Crippen MR) is 144 cm³/mol. The molecule has 1 fully saturated rings. The lowest BCUT2D eigenvalue weighted by Gasteiger charge is -2.30. The number of aromatic nitrogens is 5. The normalized spacial score (nSPS) is 15.8. The van der Waals surface area contributed by atoms with Crippen LogP contribution in [0, 0.1) is 5.41 Å². The summed E-state index contributed by atoms with van der Waals surface area (Å²) in [5, 5.41) is 17.2. The van der Waals surface area contributed by atoms with E-state index in [9.17, 15) is 0 Å². The molecule has 8 nitrogen and oxygen atoms in total. The minimum Gasteiger partial charge on any atom is -0.328 e. The first-order chi connectivity index (χ1) is 17.5. The molecule has 0 aliphatic carbocycles. The highest BCUT2D eigenvalue weighted by Crippen LogP contribution is 2.36. The standard InChI is InChI=1S/C26H29ClN8S/c1-16(28)23(21-13-18(6-9-30-21)14-35-10-7-20(29)8-11-35)26-33-22(12-17-2-4-19(27)5-3-17)24(36-26)25-31-15-32-34-25/h2-6,9,13,15,20,23,28H,7-8,10-12,14,29H2,1H3,(H,31,32,34). The van der Waals surface area contributed by atoms with Crippen LogP contribution < -0.4 is 5.73 Å². The van der Waals surface area contributed by atoms with E-state index in [-0.39, 0.29) is 5.92 Å². The highest BCUT2D eigenvalue weighted by molar-refractivity contribution is 7.15. The molecule has 4 N–H and O–H groups in total. The number of H-pyrrole nitrogens is 1. The molecule has 0 radical (unpaired) electrons. The third-order valence-corrected chi connectivity index (χ3v) is 7.91. The van der Waals surface area contributed by atoms with Crippen LogP contribution in [0.1, 0.15) is 53.2 Å². The van der Waals surface area contributed by atoms with Crippen molar-refractivity contribution in [2.45, 2.75) is 44.7 Å². The van der Waals surface area contributed by atoms with Crippen LogP contribution in [-0.2, 0) is 13.0 Å². The molecule has 0 amide bonds. The van der Waals surface area contributed by atoms with E-state index in [1.54, 1.807) is 0 Å². The van der Waals surface area contributed by atoms with E-state index in [4.69, 9.17) is 27.7 Å². The van der Waals surface area contributed by atoms with Gasteiger partial charge in [-0.3, -0.25) is 15.0 Å². The van der Waals surface area contributed by atoms with Crippen molar-refractivity contribution in [3.63, 3.8) is 0 Å². The summed E-state index contributed by atoms with van der Waals surface area (Å²) >= 11 is 7.62. The van der Waals surface area contributed by atoms with Crippen molar-refractivity contribution in [3.8, 4) is 10.7 Å². The van der Waals surface area contributed by atoms with E-state index in [2.05, 4.69) is 37.2 Å². The van der Waals surface area contributed by atoms with Gasteiger partial charge < -0.3 is 11.1 Å². The lowest BCUT2D eigenvalue weighted by Crippen LogP contribution is -2.39. The van der Waals surface area contributed by atoms with Crippen LogP contribution in [0.5, 0.6) is 0 Å². The molecule has 3 aromatic heterocycles. The number of benzene rings is 1. The molecule has 1 aliphatic rings. The molecule has 0 bridgehead atoms. The van der Waals surface area contributed by atoms with Crippen molar-refractivity contribution in [2.24, 2.45) is 5.73 Å². The van der Waals surface area contributed by atoms with Gasteiger partial charge in [0.15, 0.2) is 5.82 Å².